The van der Waals surface area contributed by atoms with Gasteiger partial charge in [-0.25, -0.2) is 4.79 Å². The second-order valence-electron chi connectivity index (χ2n) is 6.80. The number of para-hydroxylation sites is 1. The summed E-state index contributed by atoms with van der Waals surface area (Å²) in [4.78, 5) is 40.0. The first-order valence-electron chi connectivity index (χ1n) is 8.51. The molecule has 2 saturated heterocycles. The Hall–Kier alpha value is -2.02. The highest BCUT2D eigenvalue weighted by Crippen LogP contribution is 2.47. The molecule has 2 amide bonds. The molecule has 3 aliphatic rings. The van der Waals surface area contributed by atoms with Crippen LogP contribution in [0.2, 0.25) is 0 Å². The van der Waals surface area contributed by atoms with Gasteiger partial charge in [0.15, 0.2) is 6.61 Å². The van der Waals surface area contributed by atoms with Gasteiger partial charge in [0.25, 0.3) is 5.91 Å². The van der Waals surface area contributed by atoms with Crippen molar-refractivity contribution in [2.75, 3.05) is 23.8 Å². The van der Waals surface area contributed by atoms with Crippen LogP contribution in [0.3, 0.4) is 0 Å². The minimum absolute atomic E-state index is 0.00533. The van der Waals surface area contributed by atoms with Gasteiger partial charge in [-0.15, -0.1) is 11.8 Å². The lowest BCUT2D eigenvalue weighted by Crippen LogP contribution is -2.47. The first-order chi connectivity index (χ1) is 12.0. The molecule has 3 aliphatic heterocycles. The van der Waals surface area contributed by atoms with Crippen molar-refractivity contribution in [2.24, 2.45) is 0 Å². The van der Waals surface area contributed by atoms with Crippen LogP contribution >= 0.6 is 11.8 Å². The summed E-state index contributed by atoms with van der Waals surface area (Å²) in [6.45, 7) is 2.31. The highest BCUT2D eigenvalue weighted by molar-refractivity contribution is 8.01. The first kappa shape index (κ1) is 16.4. The lowest BCUT2D eigenvalue weighted by atomic mass is 10.2. The Bertz CT molecular complexity index is 752. The van der Waals surface area contributed by atoms with E-state index in [4.69, 9.17) is 4.74 Å². The summed E-state index contributed by atoms with van der Waals surface area (Å²) < 4.78 is 5.28. The molecule has 0 aromatic heterocycles. The van der Waals surface area contributed by atoms with Crippen LogP contribution in [0.5, 0.6) is 0 Å². The first-order valence-corrected chi connectivity index (χ1v) is 9.49. The molecular weight excluding hydrogens is 340 g/mol. The van der Waals surface area contributed by atoms with Gasteiger partial charge in [0.2, 0.25) is 5.91 Å². The molecule has 0 radical (unpaired) electrons. The van der Waals surface area contributed by atoms with Crippen LogP contribution in [0.15, 0.2) is 24.3 Å². The summed E-state index contributed by atoms with van der Waals surface area (Å²) in [7, 11) is 0. The SMILES string of the molecule is C[C@@]12CCC(=O)N1[C@H](C(=O)OCC(=O)N1CCc3ccccc31)CS2. The van der Waals surface area contributed by atoms with Gasteiger partial charge >= 0.3 is 5.97 Å². The minimum Gasteiger partial charge on any atom is -0.454 e. The van der Waals surface area contributed by atoms with Crippen molar-refractivity contribution in [1.29, 1.82) is 0 Å². The van der Waals surface area contributed by atoms with E-state index >= 15 is 0 Å². The zero-order valence-corrected chi connectivity index (χ0v) is 14.9. The fraction of sp³-hybridized carbons (Fsp3) is 0.500. The molecule has 2 fully saturated rings. The third-order valence-corrected chi connectivity index (χ3v) is 6.75. The summed E-state index contributed by atoms with van der Waals surface area (Å²) in [5.41, 5.74) is 2.02. The summed E-state index contributed by atoms with van der Waals surface area (Å²) in [6, 6.07) is 7.18. The number of nitrogens with zero attached hydrogens (tertiary/aromatic N) is 2. The molecule has 1 aromatic rings. The van der Waals surface area contributed by atoms with E-state index in [0.717, 1.165) is 24.1 Å². The minimum atomic E-state index is -0.580. The largest absolute Gasteiger partial charge is 0.454 e. The van der Waals surface area contributed by atoms with Crippen LogP contribution in [0, 0.1) is 0 Å². The number of carbonyl (C=O) groups is 3. The van der Waals surface area contributed by atoms with E-state index < -0.39 is 12.0 Å². The summed E-state index contributed by atoms with van der Waals surface area (Å²) in [5.74, 6) is -0.178. The zero-order valence-electron chi connectivity index (χ0n) is 14.1. The number of thioether (sulfide) groups is 1. The smallest absolute Gasteiger partial charge is 0.330 e. The fourth-order valence-electron chi connectivity index (χ4n) is 3.90. The highest BCUT2D eigenvalue weighted by atomic mass is 32.2. The maximum Gasteiger partial charge on any atom is 0.330 e. The fourth-order valence-corrected chi connectivity index (χ4v) is 5.32. The van der Waals surface area contributed by atoms with Gasteiger partial charge in [0.1, 0.15) is 6.04 Å². The quantitative estimate of drug-likeness (QED) is 0.766. The van der Waals surface area contributed by atoms with Crippen LogP contribution in [0.4, 0.5) is 5.69 Å². The van der Waals surface area contributed by atoms with Crippen molar-refractivity contribution in [3.8, 4) is 0 Å². The Labute approximate surface area is 150 Å². The molecule has 0 spiro atoms. The predicted octanol–water partition coefficient (Wildman–Crippen LogP) is 1.57. The number of hydrogen-bond donors (Lipinski definition) is 0. The van der Waals surface area contributed by atoms with E-state index in [2.05, 4.69) is 0 Å². The molecule has 0 N–H and O–H groups in total. The monoisotopic (exact) mass is 360 g/mol. The van der Waals surface area contributed by atoms with Crippen molar-refractivity contribution in [3.05, 3.63) is 29.8 Å². The molecule has 7 heteroatoms. The van der Waals surface area contributed by atoms with Gasteiger partial charge < -0.3 is 14.5 Å². The van der Waals surface area contributed by atoms with Crippen LogP contribution in [0.1, 0.15) is 25.3 Å². The molecule has 1 aromatic carbocycles. The summed E-state index contributed by atoms with van der Waals surface area (Å²) >= 11 is 1.61. The van der Waals surface area contributed by atoms with Gasteiger partial charge in [0.05, 0.1) is 4.87 Å². The summed E-state index contributed by atoms with van der Waals surface area (Å²) in [6.07, 6.45) is 2.04. The van der Waals surface area contributed by atoms with Crippen molar-refractivity contribution >= 4 is 35.2 Å². The summed E-state index contributed by atoms with van der Waals surface area (Å²) in [5, 5.41) is 0. The van der Waals surface area contributed by atoms with Crippen molar-refractivity contribution in [3.63, 3.8) is 0 Å². The molecule has 132 valence electrons. The van der Waals surface area contributed by atoms with Crippen LogP contribution < -0.4 is 4.90 Å². The zero-order chi connectivity index (χ0) is 17.6. The molecule has 0 bridgehead atoms. The highest BCUT2D eigenvalue weighted by Gasteiger charge is 2.53. The number of ether oxygens (including phenoxy) is 1. The van der Waals surface area contributed by atoms with Crippen LogP contribution in [-0.2, 0) is 25.5 Å². The number of rotatable bonds is 3. The van der Waals surface area contributed by atoms with E-state index in [1.165, 1.54) is 0 Å². The second-order valence-corrected chi connectivity index (χ2v) is 8.30. The van der Waals surface area contributed by atoms with Crippen molar-refractivity contribution < 1.29 is 19.1 Å². The molecule has 0 aliphatic carbocycles. The molecule has 6 nitrogen and oxygen atoms in total. The van der Waals surface area contributed by atoms with Gasteiger partial charge in [-0.1, -0.05) is 18.2 Å². The second kappa shape index (κ2) is 6.05. The number of anilines is 1. The van der Waals surface area contributed by atoms with Gasteiger partial charge in [-0.3, -0.25) is 9.59 Å². The lowest BCUT2D eigenvalue weighted by Gasteiger charge is -2.29. The van der Waals surface area contributed by atoms with Crippen molar-refractivity contribution in [2.45, 2.75) is 37.1 Å². The topological polar surface area (TPSA) is 66.9 Å². The van der Waals surface area contributed by atoms with E-state index in [1.807, 2.05) is 31.2 Å². The lowest BCUT2D eigenvalue weighted by molar-refractivity contribution is -0.155. The average molecular weight is 360 g/mol. The van der Waals surface area contributed by atoms with Gasteiger partial charge in [-0.2, -0.15) is 0 Å². The van der Waals surface area contributed by atoms with Gasteiger partial charge in [-0.05, 0) is 31.4 Å². The maximum absolute atomic E-state index is 12.4. The van der Waals surface area contributed by atoms with E-state index in [9.17, 15) is 14.4 Å². The molecule has 4 rings (SSSR count). The van der Waals surface area contributed by atoms with Gasteiger partial charge in [0, 0.05) is 24.4 Å². The molecule has 0 unspecified atom stereocenters. The third kappa shape index (κ3) is 2.70. The Morgan fingerprint density at radius 2 is 2.12 bits per heavy atom. The average Bonchev–Trinajstić information content (AvgIpc) is 3.26. The van der Waals surface area contributed by atoms with E-state index in [0.29, 0.717) is 18.7 Å². The van der Waals surface area contributed by atoms with Crippen LogP contribution in [-0.4, -0.2) is 52.5 Å². The molecule has 2 atom stereocenters. The number of benzene rings is 1. The normalized spacial score (nSPS) is 27.4. The van der Waals surface area contributed by atoms with Crippen molar-refractivity contribution in [1.82, 2.24) is 4.90 Å². The number of carbonyl (C=O) groups excluding carboxylic acids is 3. The number of amides is 2. The molecular formula is C18H20N2O4S. The number of fused-ring (bicyclic) bond motifs is 2. The molecule has 0 saturated carbocycles. The third-order valence-electron chi connectivity index (χ3n) is 5.24. The standard InChI is InChI=1S/C18H20N2O4S/c1-18-8-6-15(21)20(18)14(11-25-18)17(23)24-10-16(22)19-9-7-12-4-2-3-5-13(12)19/h2-5,14H,6-11H2,1H3/t14-,18+/m0/s1. The van der Waals surface area contributed by atoms with E-state index in [-0.39, 0.29) is 23.3 Å². The Balaban J connectivity index is 1.38. The maximum atomic E-state index is 12.4. The predicted molar refractivity (Wildman–Crippen MR) is 94.2 cm³/mol. The van der Waals surface area contributed by atoms with Crippen LogP contribution in [0.25, 0.3) is 0 Å². The Morgan fingerprint density at radius 1 is 1.32 bits per heavy atom. The number of hydrogen-bond acceptors (Lipinski definition) is 5. The molecule has 25 heavy (non-hydrogen) atoms. The Morgan fingerprint density at radius 3 is 2.96 bits per heavy atom. The Kier molecular flexibility index (Phi) is 3.98. The van der Waals surface area contributed by atoms with E-state index in [1.54, 1.807) is 21.6 Å². The number of esters is 1. The molecule has 3 heterocycles.